The van der Waals surface area contributed by atoms with E-state index in [1.807, 2.05) is 56.7 Å². The second kappa shape index (κ2) is 7.73. The van der Waals surface area contributed by atoms with Crippen molar-refractivity contribution in [3.05, 3.63) is 58.7 Å². The number of nitrogens with one attached hydrogen (secondary N) is 2. The number of hydrogen-bond acceptors (Lipinski definition) is 4. The van der Waals surface area contributed by atoms with Crippen LogP contribution in [0, 0.1) is 0 Å². The molecule has 1 aliphatic heterocycles. The Morgan fingerprint density at radius 1 is 1.21 bits per heavy atom. The first kappa shape index (κ1) is 18.7. The number of carbonyl (C=O) groups excluding carboxylic acids is 1. The lowest BCUT2D eigenvalue weighted by atomic mass is 10.0. The van der Waals surface area contributed by atoms with Crippen molar-refractivity contribution < 1.29 is 14.3 Å². The summed E-state index contributed by atoms with van der Waals surface area (Å²) in [6.45, 7) is 0.741. The van der Waals surface area contributed by atoms with Gasteiger partial charge in [-0.2, -0.15) is 0 Å². The van der Waals surface area contributed by atoms with Gasteiger partial charge < -0.3 is 24.7 Å². The van der Waals surface area contributed by atoms with Crippen LogP contribution in [0.2, 0.25) is 5.02 Å². The number of aromatic nitrogens is 1. The number of aromatic amines is 1. The monoisotopic (exact) mass is 399 g/mol. The summed E-state index contributed by atoms with van der Waals surface area (Å²) in [6.07, 6.45) is 2.16. The number of amides is 1. The SMILES string of the molecule is CN(C)C(CNC(=O)Cc1c[nH]c2ccc(Cl)cc12)c1ccc2c(c1)OCO2. The number of ether oxygens (including phenoxy) is 2. The molecule has 3 aromatic rings. The lowest BCUT2D eigenvalue weighted by molar-refractivity contribution is -0.120. The summed E-state index contributed by atoms with van der Waals surface area (Å²) >= 11 is 6.09. The Bertz CT molecular complexity index is 1020. The minimum Gasteiger partial charge on any atom is -0.454 e. The lowest BCUT2D eigenvalue weighted by Crippen LogP contribution is -2.35. The van der Waals surface area contributed by atoms with Gasteiger partial charge in [-0.1, -0.05) is 17.7 Å². The quantitative estimate of drug-likeness (QED) is 0.665. The number of fused-ring (bicyclic) bond motifs is 2. The van der Waals surface area contributed by atoms with Crippen molar-refractivity contribution in [3.63, 3.8) is 0 Å². The van der Waals surface area contributed by atoms with Crippen LogP contribution in [0.4, 0.5) is 0 Å². The molecule has 0 aliphatic carbocycles. The molecule has 1 atom stereocenters. The summed E-state index contributed by atoms with van der Waals surface area (Å²) in [6, 6.07) is 11.5. The van der Waals surface area contributed by atoms with Crippen LogP contribution in [-0.2, 0) is 11.2 Å². The van der Waals surface area contributed by atoms with Crippen molar-refractivity contribution >= 4 is 28.4 Å². The summed E-state index contributed by atoms with van der Waals surface area (Å²) in [5.74, 6) is 1.46. The van der Waals surface area contributed by atoms with Crippen LogP contribution in [0.3, 0.4) is 0 Å². The van der Waals surface area contributed by atoms with Gasteiger partial charge in [0, 0.05) is 28.7 Å². The second-order valence-electron chi connectivity index (χ2n) is 7.08. The summed E-state index contributed by atoms with van der Waals surface area (Å²) in [5, 5.41) is 4.68. The Labute approximate surface area is 168 Å². The predicted octanol–water partition coefficient (Wildman–Crippen LogP) is 3.51. The molecule has 1 amide bonds. The number of nitrogens with zero attached hydrogens (tertiary/aromatic N) is 1. The number of halogens is 1. The van der Waals surface area contributed by atoms with Crippen LogP contribution in [0.1, 0.15) is 17.2 Å². The van der Waals surface area contributed by atoms with E-state index in [1.165, 1.54) is 0 Å². The first-order valence-corrected chi connectivity index (χ1v) is 9.47. The third kappa shape index (κ3) is 3.79. The number of hydrogen-bond donors (Lipinski definition) is 2. The van der Waals surface area contributed by atoms with Gasteiger partial charge in [-0.05, 0) is 55.6 Å². The van der Waals surface area contributed by atoms with Crippen molar-refractivity contribution in [2.75, 3.05) is 27.4 Å². The first-order chi connectivity index (χ1) is 13.5. The smallest absolute Gasteiger partial charge is 0.231 e. The molecular formula is C21H22ClN3O3. The number of H-pyrrole nitrogens is 1. The molecule has 0 saturated carbocycles. The molecule has 1 unspecified atom stereocenters. The van der Waals surface area contributed by atoms with Gasteiger partial charge in [0.05, 0.1) is 12.5 Å². The van der Waals surface area contributed by atoms with Crippen molar-refractivity contribution in [1.82, 2.24) is 15.2 Å². The Morgan fingerprint density at radius 3 is 2.86 bits per heavy atom. The van der Waals surface area contributed by atoms with E-state index in [-0.39, 0.29) is 18.7 Å². The molecular weight excluding hydrogens is 378 g/mol. The number of rotatable bonds is 6. The van der Waals surface area contributed by atoms with E-state index in [1.54, 1.807) is 0 Å². The molecule has 1 aromatic heterocycles. The fourth-order valence-corrected chi connectivity index (χ4v) is 3.63. The molecule has 0 fully saturated rings. The maximum Gasteiger partial charge on any atom is 0.231 e. The van der Waals surface area contributed by atoms with Crippen molar-refractivity contribution in [1.29, 1.82) is 0 Å². The average Bonchev–Trinajstić information content (AvgIpc) is 3.28. The van der Waals surface area contributed by atoms with E-state index in [0.717, 1.165) is 33.5 Å². The molecule has 0 radical (unpaired) electrons. The van der Waals surface area contributed by atoms with Gasteiger partial charge in [0.1, 0.15) is 0 Å². The molecule has 0 bridgehead atoms. The standard InChI is InChI=1S/C21H22ClN3O3/c1-25(2)18(13-3-6-19-20(7-13)28-12-27-19)11-24-21(26)8-14-10-23-17-5-4-15(22)9-16(14)17/h3-7,9-10,18,23H,8,11-12H2,1-2H3,(H,24,26). The fraction of sp³-hybridized carbons (Fsp3) is 0.286. The molecule has 6 nitrogen and oxygen atoms in total. The normalized spacial score (nSPS) is 13.9. The summed E-state index contributed by atoms with van der Waals surface area (Å²) < 4.78 is 10.8. The first-order valence-electron chi connectivity index (χ1n) is 9.09. The molecule has 2 N–H and O–H groups in total. The molecule has 0 saturated heterocycles. The Morgan fingerprint density at radius 2 is 2.04 bits per heavy atom. The third-order valence-electron chi connectivity index (χ3n) is 4.98. The molecule has 7 heteroatoms. The summed E-state index contributed by atoms with van der Waals surface area (Å²) in [7, 11) is 3.98. The zero-order valence-electron chi connectivity index (χ0n) is 15.8. The van der Waals surface area contributed by atoms with Crippen LogP contribution < -0.4 is 14.8 Å². The highest BCUT2D eigenvalue weighted by Gasteiger charge is 2.20. The highest BCUT2D eigenvalue weighted by Crippen LogP contribution is 2.35. The Kier molecular flexibility index (Phi) is 5.15. The lowest BCUT2D eigenvalue weighted by Gasteiger charge is -2.25. The van der Waals surface area contributed by atoms with Gasteiger partial charge in [-0.15, -0.1) is 0 Å². The van der Waals surface area contributed by atoms with Crippen LogP contribution in [0.25, 0.3) is 10.9 Å². The zero-order chi connectivity index (χ0) is 19.7. The van der Waals surface area contributed by atoms with Crippen LogP contribution in [-0.4, -0.2) is 43.2 Å². The molecule has 4 rings (SSSR count). The van der Waals surface area contributed by atoms with Gasteiger partial charge in [-0.25, -0.2) is 0 Å². The minimum atomic E-state index is -0.0338. The second-order valence-corrected chi connectivity index (χ2v) is 7.51. The molecule has 28 heavy (non-hydrogen) atoms. The number of benzene rings is 2. The Balaban J connectivity index is 1.44. The van der Waals surface area contributed by atoms with Gasteiger partial charge in [0.15, 0.2) is 11.5 Å². The van der Waals surface area contributed by atoms with Crippen LogP contribution >= 0.6 is 11.6 Å². The predicted molar refractivity (Wildman–Crippen MR) is 109 cm³/mol. The van der Waals surface area contributed by atoms with E-state index in [0.29, 0.717) is 18.0 Å². The van der Waals surface area contributed by atoms with Crippen molar-refractivity contribution in [3.8, 4) is 11.5 Å². The van der Waals surface area contributed by atoms with Gasteiger partial charge in [0.2, 0.25) is 12.7 Å². The van der Waals surface area contributed by atoms with Gasteiger partial charge in [-0.3, -0.25) is 4.79 Å². The highest BCUT2D eigenvalue weighted by atomic mass is 35.5. The largest absolute Gasteiger partial charge is 0.454 e. The van der Waals surface area contributed by atoms with E-state index in [9.17, 15) is 4.79 Å². The molecule has 2 aromatic carbocycles. The Hall–Kier alpha value is -2.70. The topological polar surface area (TPSA) is 66.6 Å². The van der Waals surface area contributed by atoms with E-state index in [2.05, 4.69) is 15.2 Å². The van der Waals surface area contributed by atoms with Crippen molar-refractivity contribution in [2.45, 2.75) is 12.5 Å². The highest BCUT2D eigenvalue weighted by molar-refractivity contribution is 6.31. The van der Waals surface area contributed by atoms with Gasteiger partial charge in [0.25, 0.3) is 0 Å². The van der Waals surface area contributed by atoms with Crippen molar-refractivity contribution in [2.24, 2.45) is 0 Å². The van der Waals surface area contributed by atoms with E-state index >= 15 is 0 Å². The number of carbonyl (C=O) groups is 1. The fourth-order valence-electron chi connectivity index (χ4n) is 3.46. The summed E-state index contributed by atoms with van der Waals surface area (Å²) in [5.41, 5.74) is 2.96. The maximum atomic E-state index is 12.6. The van der Waals surface area contributed by atoms with Gasteiger partial charge >= 0.3 is 0 Å². The average molecular weight is 400 g/mol. The third-order valence-corrected chi connectivity index (χ3v) is 5.21. The van der Waals surface area contributed by atoms with E-state index < -0.39 is 0 Å². The number of likely N-dealkylation sites (N-methyl/N-ethyl adjacent to an activating group) is 1. The molecule has 2 heterocycles. The van der Waals surface area contributed by atoms with Crippen LogP contribution in [0.15, 0.2) is 42.6 Å². The molecule has 146 valence electrons. The molecule has 1 aliphatic rings. The zero-order valence-corrected chi connectivity index (χ0v) is 16.5. The summed E-state index contributed by atoms with van der Waals surface area (Å²) in [4.78, 5) is 17.8. The maximum absolute atomic E-state index is 12.6. The minimum absolute atomic E-state index is 0.0239. The van der Waals surface area contributed by atoms with E-state index in [4.69, 9.17) is 21.1 Å². The molecule has 0 spiro atoms. The van der Waals surface area contributed by atoms with Crippen LogP contribution in [0.5, 0.6) is 11.5 Å².